The van der Waals surface area contributed by atoms with Crippen molar-refractivity contribution in [1.82, 2.24) is 10.2 Å². The van der Waals surface area contributed by atoms with Gasteiger partial charge in [0, 0.05) is 13.0 Å². The minimum Gasteiger partial charge on any atom is -0.294 e. The molecule has 1 unspecified atom stereocenters. The first-order valence-electron chi connectivity index (χ1n) is 4.63. The summed E-state index contributed by atoms with van der Waals surface area (Å²) in [7, 11) is 0. The van der Waals surface area contributed by atoms with Crippen LogP contribution in [0.15, 0.2) is 0 Å². The summed E-state index contributed by atoms with van der Waals surface area (Å²) in [5.74, 6) is -0.528. The second kappa shape index (κ2) is 4.72. The maximum atomic E-state index is 11.4. The van der Waals surface area contributed by atoms with Crippen LogP contribution in [-0.4, -0.2) is 35.8 Å². The summed E-state index contributed by atoms with van der Waals surface area (Å²) in [4.78, 5) is 24.2. The van der Waals surface area contributed by atoms with Gasteiger partial charge in [0.1, 0.15) is 0 Å². The first kappa shape index (κ1) is 10.7. The van der Waals surface area contributed by atoms with Gasteiger partial charge in [-0.2, -0.15) is 5.26 Å². The van der Waals surface area contributed by atoms with Crippen LogP contribution in [0.3, 0.4) is 0 Å². The van der Waals surface area contributed by atoms with Gasteiger partial charge in [-0.25, -0.2) is 0 Å². The fourth-order valence-electron chi connectivity index (χ4n) is 1.59. The predicted molar refractivity (Wildman–Crippen MR) is 49.0 cm³/mol. The van der Waals surface area contributed by atoms with Crippen molar-refractivity contribution >= 4 is 11.8 Å². The average Bonchev–Trinajstić information content (AvgIpc) is 2.14. The van der Waals surface area contributed by atoms with E-state index >= 15 is 0 Å². The molecule has 2 amide bonds. The highest BCUT2D eigenvalue weighted by Gasteiger charge is 2.31. The van der Waals surface area contributed by atoms with Crippen molar-refractivity contribution in [2.45, 2.75) is 25.8 Å². The zero-order valence-electron chi connectivity index (χ0n) is 8.12. The molecule has 0 saturated carbocycles. The van der Waals surface area contributed by atoms with Crippen LogP contribution >= 0.6 is 0 Å². The minimum atomic E-state index is -0.280. The zero-order valence-corrected chi connectivity index (χ0v) is 8.12. The van der Waals surface area contributed by atoms with Crippen LogP contribution in [0.25, 0.3) is 0 Å². The van der Waals surface area contributed by atoms with Gasteiger partial charge in [0.05, 0.1) is 18.7 Å². The van der Waals surface area contributed by atoms with Crippen molar-refractivity contribution < 1.29 is 9.59 Å². The van der Waals surface area contributed by atoms with Gasteiger partial charge in [-0.15, -0.1) is 0 Å². The number of carbonyl (C=O) groups is 2. The summed E-state index contributed by atoms with van der Waals surface area (Å²) < 4.78 is 0. The molecule has 1 atom stereocenters. The Morgan fingerprint density at radius 2 is 2.36 bits per heavy atom. The van der Waals surface area contributed by atoms with E-state index in [-0.39, 0.29) is 24.4 Å². The molecule has 1 rings (SSSR count). The molecule has 0 radical (unpaired) electrons. The van der Waals surface area contributed by atoms with Crippen LogP contribution in [0.1, 0.15) is 19.8 Å². The molecule has 0 aromatic rings. The largest absolute Gasteiger partial charge is 0.294 e. The van der Waals surface area contributed by atoms with Crippen molar-refractivity contribution in [3.05, 3.63) is 0 Å². The molecule has 1 N–H and O–H groups in total. The fraction of sp³-hybridized carbons (Fsp3) is 0.667. The standard InChI is InChI=1S/C9H13N3O2/c1-2-7-9(14)11-8(13)6-12(7)5-3-4-10/h7H,2-3,5-6H2,1H3,(H,11,13,14). The maximum Gasteiger partial charge on any atom is 0.243 e. The number of hydrogen-bond donors (Lipinski definition) is 1. The zero-order chi connectivity index (χ0) is 10.6. The van der Waals surface area contributed by atoms with Crippen LogP contribution in [0.4, 0.5) is 0 Å². The smallest absolute Gasteiger partial charge is 0.243 e. The molecule has 1 fully saturated rings. The van der Waals surface area contributed by atoms with E-state index in [0.717, 1.165) is 0 Å². The van der Waals surface area contributed by atoms with Gasteiger partial charge >= 0.3 is 0 Å². The van der Waals surface area contributed by atoms with Gasteiger partial charge in [0.25, 0.3) is 0 Å². The number of carbonyl (C=O) groups excluding carboxylic acids is 2. The van der Waals surface area contributed by atoms with Crippen LogP contribution < -0.4 is 5.32 Å². The molecule has 5 heteroatoms. The number of nitrogens with zero attached hydrogens (tertiary/aromatic N) is 2. The molecule has 1 aliphatic rings. The Labute approximate surface area is 82.7 Å². The molecule has 0 aromatic carbocycles. The number of imide groups is 1. The minimum absolute atomic E-state index is 0.214. The normalized spacial score (nSPS) is 23.0. The van der Waals surface area contributed by atoms with Gasteiger partial charge < -0.3 is 0 Å². The molecule has 0 spiro atoms. The van der Waals surface area contributed by atoms with Crippen molar-refractivity contribution in [1.29, 1.82) is 5.26 Å². The predicted octanol–water partition coefficient (Wildman–Crippen LogP) is -0.363. The third-order valence-electron chi connectivity index (χ3n) is 2.25. The van der Waals surface area contributed by atoms with E-state index in [9.17, 15) is 9.59 Å². The van der Waals surface area contributed by atoms with Crippen molar-refractivity contribution in [3.8, 4) is 6.07 Å². The molecule has 5 nitrogen and oxygen atoms in total. The summed E-state index contributed by atoms with van der Waals surface area (Å²) >= 11 is 0. The monoisotopic (exact) mass is 195 g/mol. The Morgan fingerprint density at radius 1 is 1.64 bits per heavy atom. The highest BCUT2D eigenvalue weighted by molar-refractivity contribution is 6.01. The quantitative estimate of drug-likeness (QED) is 0.624. The highest BCUT2D eigenvalue weighted by Crippen LogP contribution is 2.08. The third-order valence-corrected chi connectivity index (χ3v) is 2.25. The van der Waals surface area contributed by atoms with Crippen LogP contribution in [0, 0.1) is 11.3 Å². The molecule has 1 saturated heterocycles. The Bertz CT molecular complexity index is 282. The van der Waals surface area contributed by atoms with Gasteiger partial charge in [-0.3, -0.25) is 19.8 Å². The molecular weight excluding hydrogens is 182 g/mol. The van der Waals surface area contributed by atoms with Crippen molar-refractivity contribution in [2.24, 2.45) is 0 Å². The van der Waals surface area contributed by atoms with Crippen molar-refractivity contribution in [2.75, 3.05) is 13.1 Å². The second-order valence-corrected chi connectivity index (χ2v) is 3.22. The van der Waals surface area contributed by atoms with E-state index in [1.807, 2.05) is 13.0 Å². The van der Waals surface area contributed by atoms with Gasteiger partial charge in [-0.1, -0.05) is 6.92 Å². The summed E-state index contributed by atoms with van der Waals surface area (Å²) in [6.45, 7) is 2.58. The van der Waals surface area contributed by atoms with Crippen LogP contribution in [0.2, 0.25) is 0 Å². The Kier molecular flexibility index (Phi) is 3.60. The van der Waals surface area contributed by atoms with Crippen LogP contribution in [-0.2, 0) is 9.59 Å². The summed E-state index contributed by atoms with van der Waals surface area (Å²) in [6, 6.07) is 1.74. The molecular formula is C9H13N3O2. The lowest BCUT2D eigenvalue weighted by atomic mass is 10.1. The molecule has 76 valence electrons. The van der Waals surface area contributed by atoms with Gasteiger partial charge in [0.15, 0.2) is 0 Å². The van der Waals surface area contributed by atoms with Gasteiger partial charge in [-0.05, 0) is 6.42 Å². The summed E-state index contributed by atoms with van der Waals surface area (Å²) in [6.07, 6.45) is 1.00. The molecule has 1 heterocycles. The Morgan fingerprint density at radius 3 is 2.93 bits per heavy atom. The lowest BCUT2D eigenvalue weighted by Gasteiger charge is -2.32. The number of nitrogens with one attached hydrogen (secondary N) is 1. The Balaban J connectivity index is 2.64. The van der Waals surface area contributed by atoms with Gasteiger partial charge in [0.2, 0.25) is 11.8 Å². The van der Waals surface area contributed by atoms with E-state index in [2.05, 4.69) is 5.32 Å². The number of nitriles is 1. The van der Waals surface area contributed by atoms with Crippen molar-refractivity contribution in [3.63, 3.8) is 0 Å². The average molecular weight is 195 g/mol. The topological polar surface area (TPSA) is 73.2 Å². The SMILES string of the molecule is CCC1C(=O)NC(=O)CN1CCC#N. The van der Waals surface area contributed by atoms with E-state index in [1.165, 1.54) is 0 Å². The number of rotatable bonds is 3. The molecule has 0 aliphatic carbocycles. The number of piperazine rings is 1. The number of amides is 2. The first-order chi connectivity index (χ1) is 6.69. The van der Waals surface area contributed by atoms with E-state index in [1.54, 1.807) is 4.90 Å². The molecule has 1 aliphatic heterocycles. The summed E-state index contributed by atoms with van der Waals surface area (Å²) in [5, 5.41) is 10.7. The van der Waals surface area contributed by atoms with E-state index < -0.39 is 0 Å². The molecule has 0 aromatic heterocycles. The maximum absolute atomic E-state index is 11.4. The lowest BCUT2D eigenvalue weighted by molar-refractivity contribution is -0.140. The Hall–Kier alpha value is -1.41. The second-order valence-electron chi connectivity index (χ2n) is 3.22. The fourth-order valence-corrected chi connectivity index (χ4v) is 1.59. The third kappa shape index (κ3) is 2.30. The lowest BCUT2D eigenvalue weighted by Crippen LogP contribution is -2.57. The first-order valence-corrected chi connectivity index (χ1v) is 4.63. The highest BCUT2D eigenvalue weighted by atomic mass is 16.2. The molecule has 14 heavy (non-hydrogen) atoms. The molecule has 0 bridgehead atoms. The van der Waals surface area contributed by atoms with E-state index in [4.69, 9.17) is 5.26 Å². The number of hydrogen-bond acceptors (Lipinski definition) is 4. The van der Waals surface area contributed by atoms with E-state index in [0.29, 0.717) is 19.4 Å². The van der Waals surface area contributed by atoms with Crippen LogP contribution in [0.5, 0.6) is 0 Å². The summed E-state index contributed by atoms with van der Waals surface area (Å²) in [5.41, 5.74) is 0.